The lowest BCUT2D eigenvalue weighted by Gasteiger charge is -2.29. The molecule has 170 valence electrons. The van der Waals surface area contributed by atoms with Gasteiger partial charge in [0.2, 0.25) is 0 Å². The zero-order valence-corrected chi connectivity index (χ0v) is 18.7. The fraction of sp³-hybridized carbons (Fsp3) is 0.304. The Morgan fingerprint density at radius 3 is 2.73 bits per heavy atom. The summed E-state index contributed by atoms with van der Waals surface area (Å²) in [6.07, 6.45) is 6.46. The molecule has 0 radical (unpaired) electrons. The number of aromatic nitrogens is 5. The van der Waals surface area contributed by atoms with Gasteiger partial charge < -0.3 is 4.74 Å². The quantitative estimate of drug-likeness (QED) is 0.443. The summed E-state index contributed by atoms with van der Waals surface area (Å²) < 4.78 is 36.6. The highest BCUT2D eigenvalue weighted by molar-refractivity contribution is 6.31. The summed E-state index contributed by atoms with van der Waals surface area (Å²) in [5.74, 6) is -2.01. The molecule has 1 saturated heterocycles. The van der Waals surface area contributed by atoms with Crippen LogP contribution in [0, 0.1) is 18.6 Å². The Morgan fingerprint density at radius 1 is 1.18 bits per heavy atom. The summed E-state index contributed by atoms with van der Waals surface area (Å²) in [4.78, 5) is 22.2. The highest BCUT2D eigenvalue weighted by Gasteiger charge is 2.28. The first kappa shape index (κ1) is 21.7. The summed E-state index contributed by atoms with van der Waals surface area (Å²) in [5.41, 5.74) is 2.31. The Bertz CT molecular complexity index is 1430. The van der Waals surface area contributed by atoms with E-state index >= 15 is 0 Å². The van der Waals surface area contributed by atoms with Crippen LogP contribution in [0.5, 0.6) is 0 Å². The fourth-order valence-corrected chi connectivity index (χ4v) is 4.32. The molecule has 33 heavy (non-hydrogen) atoms. The van der Waals surface area contributed by atoms with Crippen molar-refractivity contribution in [1.82, 2.24) is 24.1 Å². The number of fused-ring (bicyclic) bond motifs is 1. The molecule has 3 aromatic heterocycles. The van der Waals surface area contributed by atoms with Gasteiger partial charge in [0.1, 0.15) is 10.7 Å². The van der Waals surface area contributed by atoms with Gasteiger partial charge in [0.05, 0.1) is 23.7 Å². The molecule has 4 heterocycles. The molecule has 5 rings (SSSR count). The SMILES string of the molecule is Cc1nc2c(-c3ccc(F)c(F)c3)nc([C@@H]3CCO[C@H](c4cnn(C)c4)C3)cn2c(=O)c1Cl. The largest absolute Gasteiger partial charge is 0.373 e. The molecule has 1 fully saturated rings. The first-order valence-corrected chi connectivity index (χ1v) is 10.8. The second kappa shape index (κ2) is 8.31. The Balaban J connectivity index is 1.66. The lowest BCUT2D eigenvalue weighted by Crippen LogP contribution is -2.23. The average molecular weight is 472 g/mol. The van der Waals surface area contributed by atoms with Crippen LogP contribution in [0.1, 0.15) is 41.8 Å². The minimum absolute atomic E-state index is 0.00102. The number of hydrogen-bond donors (Lipinski definition) is 0. The van der Waals surface area contributed by atoms with Gasteiger partial charge in [-0.25, -0.2) is 18.7 Å². The lowest BCUT2D eigenvalue weighted by atomic mass is 9.90. The Morgan fingerprint density at radius 2 is 2.00 bits per heavy atom. The molecule has 0 spiro atoms. The molecule has 1 aromatic carbocycles. The molecule has 0 N–H and O–H groups in total. The maximum atomic E-state index is 14.0. The van der Waals surface area contributed by atoms with E-state index in [1.54, 1.807) is 24.0 Å². The monoisotopic (exact) mass is 471 g/mol. The molecule has 1 aliphatic rings. The number of ether oxygens (including phenoxy) is 1. The summed E-state index contributed by atoms with van der Waals surface area (Å²) in [7, 11) is 1.84. The number of aryl methyl sites for hydroxylation is 2. The molecule has 10 heteroatoms. The van der Waals surface area contributed by atoms with Crippen molar-refractivity contribution in [1.29, 1.82) is 0 Å². The number of rotatable bonds is 3. The van der Waals surface area contributed by atoms with Crippen molar-refractivity contribution in [2.75, 3.05) is 6.61 Å². The van der Waals surface area contributed by atoms with E-state index in [4.69, 9.17) is 21.3 Å². The van der Waals surface area contributed by atoms with Crippen LogP contribution in [0.15, 0.2) is 41.6 Å². The van der Waals surface area contributed by atoms with E-state index in [1.165, 1.54) is 10.5 Å². The third-order valence-corrected chi connectivity index (χ3v) is 6.37. The van der Waals surface area contributed by atoms with Crippen molar-refractivity contribution in [2.45, 2.75) is 31.8 Å². The van der Waals surface area contributed by atoms with Crippen LogP contribution >= 0.6 is 11.6 Å². The zero-order valence-electron chi connectivity index (χ0n) is 17.9. The topological polar surface area (TPSA) is 74.3 Å². The van der Waals surface area contributed by atoms with Crippen molar-refractivity contribution >= 4 is 17.2 Å². The van der Waals surface area contributed by atoms with Crippen molar-refractivity contribution in [2.24, 2.45) is 7.05 Å². The third kappa shape index (κ3) is 3.91. The summed E-state index contributed by atoms with van der Waals surface area (Å²) in [5, 5.41) is 4.22. The molecule has 0 unspecified atom stereocenters. The number of nitrogens with zero attached hydrogens (tertiary/aromatic N) is 5. The minimum atomic E-state index is -1.01. The highest BCUT2D eigenvalue weighted by atomic mass is 35.5. The predicted molar refractivity (Wildman–Crippen MR) is 118 cm³/mol. The van der Waals surface area contributed by atoms with E-state index in [0.717, 1.165) is 17.7 Å². The number of benzene rings is 1. The zero-order chi connectivity index (χ0) is 23.3. The number of hydrogen-bond acceptors (Lipinski definition) is 5. The second-order valence-corrected chi connectivity index (χ2v) is 8.56. The van der Waals surface area contributed by atoms with Gasteiger partial charge in [-0.15, -0.1) is 0 Å². The molecule has 0 saturated carbocycles. The van der Waals surface area contributed by atoms with Gasteiger partial charge in [-0.2, -0.15) is 5.10 Å². The summed E-state index contributed by atoms with van der Waals surface area (Å²) in [6, 6.07) is 3.51. The van der Waals surface area contributed by atoms with Gasteiger partial charge >= 0.3 is 0 Å². The van der Waals surface area contributed by atoms with Gasteiger partial charge in [0, 0.05) is 43.1 Å². The Hall–Kier alpha value is -3.17. The van der Waals surface area contributed by atoms with E-state index in [9.17, 15) is 13.6 Å². The van der Waals surface area contributed by atoms with Crippen LogP contribution in [0.4, 0.5) is 8.78 Å². The van der Waals surface area contributed by atoms with E-state index in [0.29, 0.717) is 36.4 Å². The van der Waals surface area contributed by atoms with Crippen molar-refractivity contribution in [3.05, 3.63) is 80.8 Å². The molecule has 0 bridgehead atoms. The Labute approximate surface area is 192 Å². The van der Waals surface area contributed by atoms with Crippen LogP contribution < -0.4 is 5.56 Å². The minimum Gasteiger partial charge on any atom is -0.373 e. The third-order valence-electron chi connectivity index (χ3n) is 5.93. The smallest absolute Gasteiger partial charge is 0.277 e. The first-order valence-electron chi connectivity index (χ1n) is 10.5. The van der Waals surface area contributed by atoms with Crippen molar-refractivity contribution < 1.29 is 13.5 Å². The highest BCUT2D eigenvalue weighted by Crippen LogP contribution is 2.37. The van der Waals surface area contributed by atoms with Crippen molar-refractivity contribution in [3.63, 3.8) is 0 Å². The summed E-state index contributed by atoms with van der Waals surface area (Å²) >= 11 is 6.19. The lowest BCUT2D eigenvalue weighted by molar-refractivity contribution is 0.00455. The van der Waals surface area contributed by atoms with Gasteiger partial charge in [-0.1, -0.05) is 11.6 Å². The van der Waals surface area contributed by atoms with Gasteiger partial charge in [0.25, 0.3) is 5.56 Å². The van der Waals surface area contributed by atoms with E-state index in [-0.39, 0.29) is 28.4 Å². The molecular weight excluding hydrogens is 452 g/mol. The normalized spacial score (nSPS) is 18.7. The second-order valence-electron chi connectivity index (χ2n) is 8.18. The van der Waals surface area contributed by atoms with Gasteiger partial charge in [-0.05, 0) is 38.0 Å². The van der Waals surface area contributed by atoms with E-state index in [1.807, 2.05) is 13.2 Å². The molecule has 0 amide bonds. The van der Waals surface area contributed by atoms with E-state index in [2.05, 4.69) is 10.1 Å². The van der Waals surface area contributed by atoms with E-state index < -0.39 is 17.2 Å². The van der Waals surface area contributed by atoms with Crippen LogP contribution in [0.2, 0.25) is 5.02 Å². The molecule has 4 aromatic rings. The van der Waals surface area contributed by atoms with Crippen LogP contribution in [0.25, 0.3) is 16.9 Å². The maximum Gasteiger partial charge on any atom is 0.277 e. The summed E-state index contributed by atoms with van der Waals surface area (Å²) in [6.45, 7) is 2.12. The maximum absolute atomic E-state index is 14.0. The molecule has 2 atom stereocenters. The van der Waals surface area contributed by atoms with Crippen LogP contribution in [-0.4, -0.2) is 30.8 Å². The molecule has 1 aliphatic heterocycles. The molecule has 7 nitrogen and oxygen atoms in total. The predicted octanol–water partition coefficient (Wildman–Crippen LogP) is 4.37. The Kier molecular flexibility index (Phi) is 5.46. The molecule has 0 aliphatic carbocycles. The first-order chi connectivity index (χ1) is 15.8. The van der Waals surface area contributed by atoms with Crippen LogP contribution in [-0.2, 0) is 11.8 Å². The van der Waals surface area contributed by atoms with Crippen molar-refractivity contribution in [3.8, 4) is 11.3 Å². The fourth-order valence-electron chi connectivity index (χ4n) is 4.18. The number of halogens is 3. The molecular formula is C23H20ClF2N5O2. The van der Waals surface area contributed by atoms with Crippen LogP contribution in [0.3, 0.4) is 0 Å². The van der Waals surface area contributed by atoms with Gasteiger partial charge in [-0.3, -0.25) is 13.9 Å². The average Bonchev–Trinajstić information content (AvgIpc) is 3.25. The standard InChI is InChI=1S/C23H20ClF2N5O2/c1-12-20(24)23(32)31-11-18(13-5-6-33-19(8-13)15-9-27-30(2)10-15)29-21(22(31)28-12)14-3-4-16(25)17(26)7-14/h3-4,7,9-11,13,19H,5-6,8H2,1-2H3/t13-,19+/m1/s1. The van der Waals surface area contributed by atoms with Gasteiger partial charge in [0.15, 0.2) is 17.3 Å².